The summed E-state index contributed by atoms with van der Waals surface area (Å²) < 4.78 is 5.65. The number of aliphatic hydroxyl groups excluding tert-OH is 1. The summed E-state index contributed by atoms with van der Waals surface area (Å²) in [5.74, 6) is 1.34. The van der Waals surface area contributed by atoms with E-state index in [2.05, 4.69) is 24.4 Å². The fraction of sp³-hybridized carbons (Fsp3) is 0.647. The molecule has 2 rings (SSSR count). The van der Waals surface area contributed by atoms with E-state index in [9.17, 15) is 5.11 Å². The van der Waals surface area contributed by atoms with Crippen molar-refractivity contribution in [3.8, 4) is 5.75 Å². The van der Waals surface area contributed by atoms with Crippen LogP contribution in [-0.2, 0) is 0 Å². The van der Waals surface area contributed by atoms with Crippen molar-refractivity contribution in [2.24, 2.45) is 5.92 Å². The number of hydrogen-bond donors (Lipinski definition) is 2. The predicted molar refractivity (Wildman–Crippen MR) is 82.0 cm³/mol. The molecule has 2 N–H and O–H groups in total. The molecule has 1 aliphatic carbocycles. The van der Waals surface area contributed by atoms with Gasteiger partial charge < -0.3 is 15.2 Å². The Balaban J connectivity index is 1.84. The van der Waals surface area contributed by atoms with Crippen LogP contribution in [0.15, 0.2) is 24.3 Å². The van der Waals surface area contributed by atoms with Crippen LogP contribution in [0.1, 0.15) is 51.6 Å². The van der Waals surface area contributed by atoms with E-state index in [-0.39, 0.29) is 12.2 Å². The highest BCUT2D eigenvalue weighted by Gasteiger charge is 2.25. The average molecular weight is 277 g/mol. The maximum Gasteiger partial charge on any atom is 0.119 e. The minimum Gasteiger partial charge on any atom is -0.491 e. The summed E-state index contributed by atoms with van der Waals surface area (Å²) in [4.78, 5) is 0. The second-order valence-electron chi connectivity index (χ2n) is 6.12. The molecule has 0 radical (unpaired) electrons. The molecule has 0 bridgehead atoms. The first-order valence-corrected chi connectivity index (χ1v) is 7.74. The summed E-state index contributed by atoms with van der Waals surface area (Å²) in [6.45, 7) is 7.13. The second kappa shape index (κ2) is 7.09. The van der Waals surface area contributed by atoms with Crippen LogP contribution in [0.4, 0.5) is 0 Å². The third kappa shape index (κ3) is 4.22. The highest BCUT2D eigenvalue weighted by molar-refractivity contribution is 5.29. The van der Waals surface area contributed by atoms with Gasteiger partial charge in [-0.2, -0.15) is 0 Å². The van der Waals surface area contributed by atoms with E-state index in [0.717, 1.165) is 31.6 Å². The topological polar surface area (TPSA) is 41.5 Å². The highest BCUT2D eigenvalue weighted by Crippen LogP contribution is 2.26. The summed E-state index contributed by atoms with van der Waals surface area (Å²) in [7, 11) is 0. The van der Waals surface area contributed by atoms with Crippen LogP contribution < -0.4 is 10.1 Å². The van der Waals surface area contributed by atoms with E-state index in [4.69, 9.17) is 4.74 Å². The molecule has 0 aromatic heterocycles. The van der Waals surface area contributed by atoms with Crippen molar-refractivity contribution in [3.05, 3.63) is 29.8 Å². The van der Waals surface area contributed by atoms with Gasteiger partial charge in [0.1, 0.15) is 5.75 Å². The maximum atomic E-state index is 9.84. The number of aliphatic hydroxyl groups is 1. The van der Waals surface area contributed by atoms with Gasteiger partial charge in [-0.1, -0.05) is 18.6 Å². The van der Waals surface area contributed by atoms with E-state index in [1.807, 2.05) is 26.0 Å². The van der Waals surface area contributed by atoms with Crippen molar-refractivity contribution >= 4 is 0 Å². The first-order valence-electron chi connectivity index (χ1n) is 7.74. The van der Waals surface area contributed by atoms with E-state index in [0.29, 0.717) is 12.0 Å². The standard InChI is InChI=1S/C17H27NO2/c1-12(2)20-16-9-7-14(8-10-16)13(3)18-11-15-5-4-6-17(15)19/h7-10,12-13,15,17-19H,4-6,11H2,1-3H3. The van der Waals surface area contributed by atoms with Gasteiger partial charge in [-0.3, -0.25) is 0 Å². The van der Waals surface area contributed by atoms with Gasteiger partial charge in [-0.05, 0) is 57.2 Å². The van der Waals surface area contributed by atoms with Gasteiger partial charge in [0, 0.05) is 12.6 Å². The predicted octanol–water partition coefficient (Wildman–Crippen LogP) is 3.29. The Bertz CT molecular complexity index is 402. The van der Waals surface area contributed by atoms with Gasteiger partial charge in [-0.15, -0.1) is 0 Å². The van der Waals surface area contributed by atoms with Crippen molar-refractivity contribution in [1.29, 1.82) is 0 Å². The molecular weight excluding hydrogens is 250 g/mol. The summed E-state index contributed by atoms with van der Waals surface area (Å²) in [5.41, 5.74) is 1.26. The van der Waals surface area contributed by atoms with Crippen molar-refractivity contribution < 1.29 is 9.84 Å². The molecule has 3 atom stereocenters. The lowest BCUT2D eigenvalue weighted by molar-refractivity contribution is 0.130. The SMILES string of the molecule is CC(C)Oc1ccc(C(C)NCC2CCCC2O)cc1. The van der Waals surface area contributed by atoms with E-state index in [1.54, 1.807) is 0 Å². The molecule has 0 heterocycles. The lowest BCUT2D eigenvalue weighted by Gasteiger charge is -2.20. The van der Waals surface area contributed by atoms with Crippen molar-refractivity contribution in [3.63, 3.8) is 0 Å². The van der Waals surface area contributed by atoms with Crippen molar-refractivity contribution in [1.82, 2.24) is 5.32 Å². The molecule has 1 fully saturated rings. The zero-order chi connectivity index (χ0) is 14.5. The molecule has 3 unspecified atom stereocenters. The van der Waals surface area contributed by atoms with Gasteiger partial charge >= 0.3 is 0 Å². The quantitative estimate of drug-likeness (QED) is 0.838. The van der Waals surface area contributed by atoms with Crippen LogP contribution in [0.5, 0.6) is 5.75 Å². The Labute approximate surface area is 122 Å². The van der Waals surface area contributed by atoms with E-state index < -0.39 is 0 Å². The number of benzene rings is 1. The third-order valence-corrected chi connectivity index (χ3v) is 4.06. The molecular formula is C17H27NO2. The van der Waals surface area contributed by atoms with Gasteiger partial charge in [0.25, 0.3) is 0 Å². The summed E-state index contributed by atoms with van der Waals surface area (Å²) in [6.07, 6.45) is 3.35. The fourth-order valence-corrected chi connectivity index (χ4v) is 2.81. The molecule has 1 aromatic rings. The molecule has 0 saturated heterocycles. The lowest BCUT2D eigenvalue weighted by atomic mass is 10.0. The number of nitrogens with one attached hydrogen (secondary N) is 1. The zero-order valence-electron chi connectivity index (χ0n) is 12.8. The zero-order valence-corrected chi connectivity index (χ0v) is 12.8. The Morgan fingerprint density at radius 3 is 2.45 bits per heavy atom. The normalized spacial score (nSPS) is 24.1. The van der Waals surface area contributed by atoms with Crippen LogP contribution >= 0.6 is 0 Å². The molecule has 0 spiro atoms. The average Bonchev–Trinajstić information content (AvgIpc) is 2.82. The van der Waals surface area contributed by atoms with Crippen molar-refractivity contribution in [2.75, 3.05) is 6.54 Å². The van der Waals surface area contributed by atoms with E-state index in [1.165, 1.54) is 5.56 Å². The van der Waals surface area contributed by atoms with Crippen LogP contribution in [-0.4, -0.2) is 23.9 Å². The highest BCUT2D eigenvalue weighted by atomic mass is 16.5. The van der Waals surface area contributed by atoms with Crippen LogP contribution in [0.2, 0.25) is 0 Å². The number of rotatable bonds is 6. The van der Waals surface area contributed by atoms with Gasteiger partial charge in [-0.25, -0.2) is 0 Å². The Morgan fingerprint density at radius 2 is 1.90 bits per heavy atom. The maximum absolute atomic E-state index is 9.84. The summed E-state index contributed by atoms with van der Waals surface area (Å²) >= 11 is 0. The Morgan fingerprint density at radius 1 is 1.20 bits per heavy atom. The largest absolute Gasteiger partial charge is 0.491 e. The van der Waals surface area contributed by atoms with Crippen molar-refractivity contribution in [2.45, 2.75) is 58.3 Å². The summed E-state index contributed by atoms with van der Waals surface area (Å²) in [5, 5.41) is 13.4. The fourth-order valence-electron chi connectivity index (χ4n) is 2.81. The second-order valence-corrected chi connectivity index (χ2v) is 6.12. The Hall–Kier alpha value is -1.06. The van der Waals surface area contributed by atoms with Crippen LogP contribution in [0.25, 0.3) is 0 Å². The molecule has 3 heteroatoms. The number of hydrogen-bond acceptors (Lipinski definition) is 3. The van der Waals surface area contributed by atoms with E-state index >= 15 is 0 Å². The summed E-state index contributed by atoms with van der Waals surface area (Å²) in [6, 6.07) is 8.58. The first-order chi connectivity index (χ1) is 9.56. The molecule has 3 nitrogen and oxygen atoms in total. The van der Waals surface area contributed by atoms with Gasteiger partial charge in [0.2, 0.25) is 0 Å². The molecule has 1 aliphatic rings. The van der Waals surface area contributed by atoms with Gasteiger partial charge in [0.15, 0.2) is 0 Å². The Kier molecular flexibility index (Phi) is 5.44. The molecule has 112 valence electrons. The van der Waals surface area contributed by atoms with Crippen LogP contribution in [0.3, 0.4) is 0 Å². The minimum atomic E-state index is -0.114. The molecule has 0 amide bonds. The molecule has 1 saturated carbocycles. The third-order valence-electron chi connectivity index (χ3n) is 4.06. The smallest absolute Gasteiger partial charge is 0.119 e. The monoisotopic (exact) mass is 277 g/mol. The van der Waals surface area contributed by atoms with Gasteiger partial charge in [0.05, 0.1) is 12.2 Å². The number of ether oxygens (including phenoxy) is 1. The minimum absolute atomic E-state index is 0.114. The lowest BCUT2D eigenvalue weighted by Crippen LogP contribution is -2.29. The first kappa shape index (κ1) is 15.3. The molecule has 1 aromatic carbocycles. The van der Waals surface area contributed by atoms with Crippen LogP contribution in [0, 0.1) is 5.92 Å². The molecule has 20 heavy (non-hydrogen) atoms. The molecule has 0 aliphatic heterocycles.